The van der Waals surface area contributed by atoms with Gasteiger partial charge in [0.25, 0.3) is 0 Å². The molecule has 0 aliphatic carbocycles. The second kappa shape index (κ2) is 6.70. The van der Waals surface area contributed by atoms with Crippen LogP contribution in [0.2, 0.25) is 0 Å². The van der Waals surface area contributed by atoms with Crippen molar-refractivity contribution in [3.05, 3.63) is 52.7 Å². The highest BCUT2D eigenvalue weighted by molar-refractivity contribution is 5.79. The number of benzene rings is 1. The molecule has 118 valence electrons. The largest absolute Gasteiger partial charge is 0.386 e. The predicted octanol–water partition coefficient (Wildman–Crippen LogP) is 2.21. The Morgan fingerprint density at radius 2 is 2.00 bits per heavy atom. The second-order valence-electron chi connectivity index (χ2n) is 5.33. The fourth-order valence-corrected chi connectivity index (χ4v) is 2.25. The van der Waals surface area contributed by atoms with Crippen molar-refractivity contribution >= 4 is 5.91 Å². The Bertz CT molecular complexity index is 632. The summed E-state index contributed by atoms with van der Waals surface area (Å²) in [7, 11) is 0. The molecule has 1 heterocycles. The monoisotopic (exact) mass is 306 g/mol. The molecule has 0 radical (unpaired) electrons. The van der Waals surface area contributed by atoms with Gasteiger partial charge in [-0.15, -0.1) is 0 Å². The third kappa shape index (κ3) is 3.71. The lowest BCUT2D eigenvalue weighted by Gasteiger charge is -2.20. The molecule has 0 aliphatic rings. The van der Waals surface area contributed by atoms with Gasteiger partial charge in [0.15, 0.2) is 0 Å². The SMILES string of the molecule is Cc1noc(C)c1CC(=O)NC(C)C(O)c1ccc(F)cc1. The molecule has 1 aromatic heterocycles. The highest BCUT2D eigenvalue weighted by Gasteiger charge is 2.20. The maximum atomic E-state index is 12.9. The number of aryl methyl sites for hydroxylation is 2. The van der Waals surface area contributed by atoms with Crippen LogP contribution in [0.1, 0.15) is 35.6 Å². The van der Waals surface area contributed by atoms with Crippen LogP contribution in [-0.4, -0.2) is 22.2 Å². The van der Waals surface area contributed by atoms with Crippen LogP contribution in [0.5, 0.6) is 0 Å². The summed E-state index contributed by atoms with van der Waals surface area (Å²) in [6, 6.07) is 5.04. The minimum absolute atomic E-state index is 0.141. The zero-order valence-electron chi connectivity index (χ0n) is 12.8. The fourth-order valence-electron chi connectivity index (χ4n) is 2.25. The molecule has 0 saturated heterocycles. The number of nitrogens with one attached hydrogen (secondary N) is 1. The molecule has 2 rings (SSSR count). The van der Waals surface area contributed by atoms with Gasteiger partial charge in [0.2, 0.25) is 5.91 Å². The average Bonchev–Trinajstić information content (AvgIpc) is 2.79. The van der Waals surface area contributed by atoms with E-state index in [9.17, 15) is 14.3 Å². The van der Waals surface area contributed by atoms with Crippen LogP contribution in [0.15, 0.2) is 28.8 Å². The molecule has 1 amide bonds. The standard InChI is InChI=1S/C16H19FN2O3/c1-9-14(11(3)22-19-9)8-15(20)18-10(2)16(21)12-4-6-13(17)7-5-12/h4-7,10,16,21H,8H2,1-3H3,(H,18,20). The zero-order valence-corrected chi connectivity index (χ0v) is 12.8. The molecule has 0 fully saturated rings. The van der Waals surface area contributed by atoms with Crippen LogP contribution in [0.25, 0.3) is 0 Å². The molecule has 22 heavy (non-hydrogen) atoms. The summed E-state index contributed by atoms with van der Waals surface area (Å²) in [6.45, 7) is 5.22. The number of aliphatic hydroxyl groups excluding tert-OH is 1. The van der Waals surface area contributed by atoms with E-state index in [2.05, 4.69) is 10.5 Å². The second-order valence-corrected chi connectivity index (χ2v) is 5.33. The molecule has 0 spiro atoms. The topological polar surface area (TPSA) is 75.4 Å². The van der Waals surface area contributed by atoms with E-state index in [1.807, 2.05) is 0 Å². The van der Waals surface area contributed by atoms with Crippen LogP contribution in [0.4, 0.5) is 4.39 Å². The van der Waals surface area contributed by atoms with E-state index in [0.29, 0.717) is 17.0 Å². The van der Waals surface area contributed by atoms with Crippen LogP contribution in [0.3, 0.4) is 0 Å². The first-order valence-electron chi connectivity index (χ1n) is 7.03. The molecule has 5 nitrogen and oxygen atoms in total. The molecule has 2 N–H and O–H groups in total. The van der Waals surface area contributed by atoms with Crippen molar-refractivity contribution in [1.82, 2.24) is 10.5 Å². The first-order valence-corrected chi connectivity index (χ1v) is 7.03. The van der Waals surface area contributed by atoms with E-state index in [1.165, 1.54) is 24.3 Å². The van der Waals surface area contributed by atoms with Gasteiger partial charge in [-0.05, 0) is 38.5 Å². The van der Waals surface area contributed by atoms with Gasteiger partial charge in [-0.1, -0.05) is 17.3 Å². The summed E-state index contributed by atoms with van der Waals surface area (Å²) in [5, 5.41) is 16.7. The van der Waals surface area contributed by atoms with Crippen molar-refractivity contribution < 1.29 is 18.8 Å². The van der Waals surface area contributed by atoms with Gasteiger partial charge in [-0.3, -0.25) is 4.79 Å². The number of amides is 1. The van der Waals surface area contributed by atoms with E-state index >= 15 is 0 Å². The van der Waals surface area contributed by atoms with Gasteiger partial charge >= 0.3 is 0 Å². The molecule has 6 heteroatoms. The molecule has 2 aromatic rings. The Kier molecular flexibility index (Phi) is 4.92. The predicted molar refractivity (Wildman–Crippen MR) is 78.6 cm³/mol. The van der Waals surface area contributed by atoms with Gasteiger partial charge in [-0.2, -0.15) is 0 Å². The van der Waals surface area contributed by atoms with E-state index < -0.39 is 12.1 Å². The quantitative estimate of drug-likeness (QED) is 0.888. The third-order valence-corrected chi connectivity index (χ3v) is 3.59. The molecule has 2 unspecified atom stereocenters. The minimum atomic E-state index is -0.908. The normalized spacial score (nSPS) is 13.7. The number of aliphatic hydroxyl groups is 1. The van der Waals surface area contributed by atoms with Crippen molar-refractivity contribution in [3.63, 3.8) is 0 Å². The van der Waals surface area contributed by atoms with Gasteiger partial charge in [0.1, 0.15) is 11.6 Å². The Morgan fingerprint density at radius 1 is 1.36 bits per heavy atom. The highest BCUT2D eigenvalue weighted by atomic mass is 19.1. The van der Waals surface area contributed by atoms with Crippen LogP contribution in [-0.2, 0) is 11.2 Å². The zero-order chi connectivity index (χ0) is 16.3. The van der Waals surface area contributed by atoms with Gasteiger partial charge < -0.3 is 14.9 Å². The lowest BCUT2D eigenvalue weighted by Crippen LogP contribution is -2.38. The number of carbonyl (C=O) groups excluding carboxylic acids is 1. The molecular weight excluding hydrogens is 287 g/mol. The minimum Gasteiger partial charge on any atom is -0.386 e. The summed E-state index contributed by atoms with van der Waals surface area (Å²) in [5.41, 5.74) is 1.98. The molecule has 0 bridgehead atoms. The van der Waals surface area contributed by atoms with Crippen molar-refractivity contribution in [2.45, 2.75) is 39.3 Å². The van der Waals surface area contributed by atoms with Gasteiger partial charge in [0.05, 0.1) is 24.3 Å². The number of halogens is 1. The summed E-state index contributed by atoms with van der Waals surface area (Å²) in [4.78, 5) is 12.1. The van der Waals surface area contributed by atoms with E-state index in [1.54, 1.807) is 20.8 Å². The van der Waals surface area contributed by atoms with E-state index in [0.717, 1.165) is 5.56 Å². The van der Waals surface area contributed by atoms with E-state index in [-0.39, 0.29) is 18.1 Å². The Labute approximate surface area is 128 Å². The van der Waals surface area contributed by atoms with Gasteiger partial charge in [0, 0.05) is 5.56 Å². The summed E-state index contributed by atoms with van der Waals surface area (Å²) >= 11 is 0. The number of rotatable bonds is 5. The van der Waals surface area contributed by atoms with Crippen molar-refractivity contribution in [3.8, 4) is 0 Å². The molecule has 0 saturated carbocycles. The number of hydrogen-bond acceptors (Lipinski definition) is 4. The summed E-state index contributed by atoms with van der Waals surface area (Å²) in [5.74, 6) is 0.00787. The van der Waals surface area contributed by atoms with Crippen LogP contribution < -0.4 is 5.32 Å². The summed E-state index contributed by atoms with van der Waals surface area (Å²) < 4.78 is 17.9. The first-order chi connectivity index (χ1) is 10.4. The van der Waals surface area contributed by atoms with E-state index in [4.69, 9.17) is 4.52 Å². The number of hydrogen-bond donors (Lipinski definition) is 2. The number of nitrogens with zero attached hydrogens (tertiary/aromatic N) is 1. The lowest BCUT2D eigenvalue weighted by molar-refractivity contribution is -0.121. The molecular formula is C16H19FN2O3. The van der Waals surface area contributed by atoms with Crippen molar-refractivity contribution in [2.75, 3.05) is 0 Å². The summed E-state index contributed by atoms with van der Waals surface area (Å²) in [6.07, 6.45) is -0.768. The first kappa shape index (κ1) is 16.2. The lowest BCUT2D eigenvalue weighted by atomic mass is 10.0. The number of aromatic nitrogens is 1. The fraction of sp³-hybridized carbons (Fsp3) is 0.375. The Balaban J connectivity index is 1.97. The van der Waals surface area contributed by atoms with Crippen LogP contribution in [0, 0.1) is 19.7 Å². The average molecular weight is 306 g/mol. The maximum Gasteiger partial charge on any atom is 0.224 e. The smallest absolute Gasteiger partial charge is 0.224 e. The maximum absolute atomic E-state index is 12.9. The van der Waals surface area contributed by atoms with Gasteiger partial charge in [-0.25, -0.2) is 4.39 Å². The third-order valence-electron chi connectivity index (χ3n) is 3.59. The molecule has 1 aromatic carbocycles. The number of carbonyl (C=O) groups is 1. The highest BCUT2D eigenvalue weighted by Crippen LogP contribution is 2.18. The molecule has 2 atom stereocenters. The van der Waals surface area contributed by atoms with Crippen LogP contribution >= 0.6 is 0 Å². The molecule has 0 aliphatic heterocycles. The Morgan fingerprint density at radius 3 is 2.55 bits per heavy atom. The van der Waals surface area contributed by atoms with Crippen molar-refractivity contribution in [2.24, 2.45) is 0 Å². The van der Waals surface area contributed by atoms with Crippen molar-refractivity contribution in [1.29, 1.82) is 0 Å². The Hall–Kier alpha value is -2.21.